The summed E-state index contributed by atoms with van der Waals surface area (Å²) in [5, 5.41) is 2.06. The zero-order valence-electron chi connectivity index (χ0n) is 10.5. The molecule has 2 aliphatic rings. The fourth-order valence-corrected chi connectivity index (χ4v) is 3.26. The first-order valence-corrected chi connectivity index (χ1v) is 7.60. The van der Waals surface area contributed by atoms with Gasteiger partial charge in [0.05, 0.1) is 11.2 Å². The Morgan fingerprint density at radius 3 is 3.00 bits per heavy atom. The van der Waals surface area contributed by atoms with Crippen molar-refractivity contribution < 1.29 is 4.79 Å². The van der Waals surface area contributed by atoms with Gasteiger partial charge in [-0.25, -0.2) is 4.98 Å². The lowest BCUT2D eigenvalue weighted by molar-refractivity contribution is -0.119. The Bertz CT molecular complexity index is 632. The number of aromatic nitrogens is 1. The van der Waals surface area contributed by atoms with Gasteiger partial charge < -0.3 is 4.90 Å². The third-order valence-corrected chi connectivity index (χ3v) is 4.48. The van der Waals surface area contributed by atoms with Crippen molar-refractivity contribution in [3.05, 3.63) is 34.7 Å². The number of hydrogen-bond donors (Lipinski definition) is 0. The van der Waals surface area contributed by atoms with E-state index < -0.39 is 0 Å². The van der Waals surface area contributed by atoms with Crippen molar-refractivity contribution >= 4 is 22.9 Å². The molecule has 1 amide bonds. The van der Waals surface area contributed by atoms with Crippen LogP contribution in [-0.2, 0) is 11.2 Å². The van der Waals surface area contributed by atoms with Crippen molar-refractivity contribution in [2.45, 2.75) is 19.3 Å². The Morgan fingerprint density at radius 2 is 2.26 bits per heavy atom. The molecule has 0 N–H and O–H groups in total. The molecule has 0 saturated heterocycles. The minimum absolute atomic E-state index is 0.296. The van der Waals surface area contributed by atoms with Crippen molar-refractivity contribution in [2.75, 3.05) is 11.4 Å². The Labute approximate surface area is 115 Å². The standard InChI is InChI=1S/C15H14N2OS/c18-15(10-1-2-10)17-6-5-12-7-11(3-4-14(12)17)13-8-19-9-16-13/h3-4,7-10H,1-2,5-6H2. The molecule has 3 nitrogen and oxygen atoms in total. The van der Waals surface area contributed by atoms with Crippen LogP contribution in [0.5, 0.6) is 0 Å². The van der Waals surface area contributed by atoms with Crippen molar-refractivity contribution in [3.63, 3.8) is 0 Å². The van der Waals surface area contributed by atoms with E-state index in [1.54, 1.807) is 11.3 Å². The highest BCUT2D eigenvalue weighted by atomic mass is 32.1. The summed E-state index contributed by atoms with van der Waals surface area (Å²) in [4.78, 5) is 18.5. The van der Waals surface area contributed by atoms with Crippen molar-refractivity contribution in [3.8, 4) is 11.3 Å². The van der Waals surface area contributed by atoms with Gasteiger partial charge in [0.15, 0.2) is 0 Å². The number of fused-ring (bicyclic) bond motifs is 1. The molecule has 19 heavy (non-hydrogen) atoms. The highest BCUT2D eigenvalue weighted by molar-refractivity contribution is 7.07. The average molecular weight is 270 g/mol. The molecule has 0 radical (unpaired) electrons. The summed E-state index contributed by atoms with van der Waals surface area (Å²) < 4.78 is 0. The van der Waals surface area contributed by atoms with Crippen LogP contribution in [0, 0.1) is 5.92 Å². The van der Waals surface area contributed by atoms with E-state index in [1.165, 1.54) is 5.56 Å². The predicted octanol–water partition coefficient (Wildman–Crippen LogP) is 3.11. The van der Waals surface area contributed by atoms with E-state index in [0.717, 1.165) is 42.8 Å². The predicted molar refractivity (Wildman–Crippen MR) is 76.3 cm³/mol. The van der Waals surface area contributed by atoms with Gasteiger partial charge in [-0.2, -0.15) is 0 Å². The van der Waals surface area contributed by atoms with Gasteiger partial charge in [-0.05, 0) is 37.0 Å². The zero-order valence-corrected chi connectivity index (χ0v) is 11.3. The number of thiazole rings is 1. The second kappa shape index (κ2) is 4.17. The van der Waals surface area contributed by atoms with E-state index in [4.69, 9.17) is 0 Å². The van der Waals surface area contributed by atoms with Crippen LogP contribution in [0.25, 0.3) is 11.3 Å². The lowest BCUT2D eigenvalue weighted by Crippen LogP contribution is -2.30. The number of carbonyl (C=O) groups is 1. The minimum Gasteiger partial charge on any atom is -0.312 e. The maximum absolute atomic E-state index is 12.2. The number of benzene rings is 1. The number of amides is 1. The normalized spacial score (nSPS) is 17.6. The van der Waals surface area contributed by atoms with Crippen LogP contribution in [0.4, 0.5) is 5.69 Å². The molecular formula is C15H14N2OS. The van der Waals surface area contributed by atoms with E-state index in [2.05, 4.69) is 28.6 Å². The van der Waals surface area contributed by atoms with Gasteiger partial charge in [0.1, 0.15) is 0 Å². The molecule has 0 atom stereocenters. The van der Waals surface area contributed by atoms with Gasteiger partial charge >= 0.3 is 0 Å². The van der Waals surface area contributed by atoms with Crippen LogP contribution in [-0.4, -0.2) is 17.4 Å². The summed E-state index contributed by atoms with van der Waals surface area (Å²) >= 11 is 1.61. The molecule has 1 fully saturated rings. The summed E-state index contributed by atoms with van der Waals surface area (Å²) in [5.41, 5.74) is 6.42. The van der Waals surface area contributed by atoms with Gasteiger partial charge in [-0.15, -0.1) is 11.3 Å². The van der Waals surface area contributed by atoms with Crippen LogP contribution in [0.1, 0.15) is 18.4 Å². The molecule has 4 rings (SSSR count). The van der Waals surface area contributed by atoms with Gasteiger partial charge in [-0.1, -0.05) is 6.07 Å². The summed E-state index contributed by atoms with van der Waals surface area (Å²) in [6.07, 6.45) is 3.11. The average Bonchev–Trinajstić information content (AvgIpc) is 2.99. The maximum Gasteiger partial charge on any atom is 0.230 e. The summed E-state index contributed by atoms with van der Waals surface area (Å²) in [7, 11) is 0. The van der Waals surface area contributed by atoms with Crippen molar-refractivity contribution in [2.24, 2.45) is 5.92 Å². The molecule has 1 aromatic carbocycles. The van der Waals surface area contributed by atoms with Crippen LogP contribution >= 0.6 is 11.3 Å². The van der Waals surface area contributed by atoms with E-state index in [9.17, 15) is 4.79 Å². The van der Waals surface area contributed by atoms with Gasteiger partial charge in [0, 0.05) is 29.1 Å². The van der Waals surface area contributed by atoms with Gasteiger partial charge in [0.2, 0.25) is 5.91 Å². The molecule has 2 aromatic rings. The minimum atomic E-state index is 0.296. The van der Waals surface area contributed by atoms with Crippen LogP contribution in [0.15, 0.2) is 29.1 Å². The zero-order chi connectivity index (χ0) is 12.8. The highest BCUT2D eigenvalue weighted by Gasteiger charge is 2.36. The van der Waals surface area contributed by atoms with Gasteiger partial charge in [-0.3, -0.25) is 4.79 Å². The smallest absolute Gasteiger partial charge is 0.230 e. The molecule has 1 aromatic heterocycles. The molecule has 0 bridgehead atoms. The maximum atomic E-state index is 12.2. The Hall–Kier alpha value is -1.68. The van der Waals surface area contributed by atoms with E-state index in [-0.39, 0.29) is 0 Å². The van der Waals surface area contributed by atoms with Gasteiger partial charge in [0.25, 0.3) is 0 Å². The van der Waals surface area contributed by atoms with E-state index >= 15 is 0 Å². The first-order valence-electron chi connectivity index (χ1n) is 6.66. The molecular weight excluding hydrogens is 256 g/mol. The molecule has 1 aliphatic heterocycles. The van der Waals surface area contributed by atoms with E-state index in [1.807, 2.05) is 10.4 Å². The molecule has 0 spiro atoms. The lowest BCUT2D eigenvalue weighted by Gasteiger charge is -2.17. The largest absolute Gasteiger partial charge is 0.312 e. The van der Waals surface area contributed by atoms with Crippen LogP contribution in [0.3, 0.4) is 0 Å². The summed E-state index contributed by atoms with van der Waals surface area (Å²) in [5.74, 6) is 0.615. The molecule has 96 valence electrons. The van der Waals surface area contributed by atoms with Crippen LogP contribution in [0.2, 0.25) is 0 Å². The number of nitrogens with zero attached hydrogens (tertiary/aromatic N) is 2. The molecule has 0 unspecified atom stereocenters. The summed E-state index contributed by atoms with van der Waals surface area (Å²) in [6.45, 7) is 0.838. The highest BCUT2D eigenvalue weighted by Crippen LogP contribution is 2.37. The first kappa shape index (κ1) is 11.2. The molecule has 1 saturated carbocycles. The monoisotopic (exact) mass is 270 g/mol. The number of hydrogen-bond acceptors (Lipinski definition) is 3. The van der Waals surface area contributed by atoms with E-state index in [0.29, 0.717) is 11.8 Å². The number of carbonyl (C=O) groups excluding carboxylic acids is 1. The second-order valence-electron chi connectivity index (χ2n) is 5.23. The van der Waals surface area contributed by atoms with Crippen molar-refractivity contribution in [1.29, 1.82) is 0 Å². The van der Waals surface area contributed by atoms with Crippen LogP contribution < -0.4 is 4.90 Å². The lowest BCUT2D eigenvalue weighted by atomic mass is 10.1. The Kier molecular flexibility index (Phi) is 2.45. The topological polar surface area (TPSA) is 33.2 Å². The quantitative estimate of drug-likeness (QED) is 0.840. The van der Waals surface area contributed by atoms with Crippen molar-refractivity contribution in [1.82, 2.24) is 4.98 Å². The first-order chi connectivity index (χ1) is 9.33. The number of anilines is 1. The number of rotatable bonds is 2. The Balaban J connectivity index is 1.68. The molecule has 1 aliphatic carbocycles. The third kappa shape index (κ3) is 1.87. The Morgan fingerprint density at radius 1 is 1.37 bits per heavy atom. The SMILES string of the molecule is O=C(C1CC1)N1CCc2cc(-c3cscn3)ccc21. The fourth-order valence-electron chi connectivity index (χ4n) is 2.70. The molecule has 4 heteroatoms. The molecule has 2 heterocycles. The fraction of sp³-hybridized carbons (Fsp3) is 0.333. The summed E-state index contributed by atoms with van der Waals surface area (Å²) in [6, 6.07) is 6.34. The third-order valence-electron chi connectivity index (χ3n) is 3.90. The second-order valence-corrected chi connectivity index (χ2v) is 5.95.